The summed E-state index contributed by atoms with van der Waals surface area (Å²) in [6.07, 6.45) is -7.32. The van der Waals surface area contributed by atoms with Crippen molar-refractivity contribution in [3.63, 3.8) is 0 Å². The molecule has 1 aromatic heterocycles. The number of para-hydroxylation sites is 2. The fourth-order valence-corrected chi connectivity index (χ4v) is 2.69. The number of aromatic nitrogens is 2. The molecule has 2 heterocycles. The molecule has 0 saturated carbocycles. The van der Waals surface area contributed by atoms with Gasteiger partial charge in [0.15, 0.2) is 11.5 Å². The maximum atomic E-state index is 12.4. The van der Waals surface area contributed by atoms with Gasteiger partial charge in [0.2, 0.25) is 6.10 Å². The van der Waals surface area contributed by atoms with Gasteiger partial charge in [0.1, 0.15) is 18.5 Å². The van der Waals surface area contributed by atoms with Gasteiger partial charge >= 0.3 is 12.4 Å². The van der Waals surface area contributed by atoms with Crippen molar-refractivity contribution in [1.29, 1.82) is 0 Å². The van der Waals surface area contributed by atoms with Crippen molar-refractivity contribution >= 4 is 23.5 Å². The predicted molar refractivity (Wildman–Crippen MR) is 116 cm³/mol. The number of carbonyl (C=O) groups excluding carboxylic acids is 3. The average molecular weight is 561 g/mol. The summed E-state index contributed by atoms with van der Waals surface area (Å²) < 4.78 is 76.1. The van der Waals surface area contributed by atoms with Crippen LogP contribution in [-0.4, -0.2) is 52.7 Å². The number of carboxylic acid groups (broad SMARTS) is 2. The second-order valence-electron chi connectivity index (χ2n) is 7.40. The number of carboxylic acids is 2. The van der Waals surface area contributed by atoms with Gasteiger partial charge in [-0.15, -0.1) is 0 Å². The molecule has 0 saturated heterocycles. The van der Waals surface area contributed by atoms with Gasteiger partial charge in [0.25, 0.3) is 5.91 Å². The molecule has 0 spiro atoms. The molecule has 1 amide bonds. The first-order valence-electron chi connectivity index (χ1n) is 10.4. The van der Waals surface area contributed by atoms with E-state index in [9.17, 15) is 31.1 Å². The van der Waals surface area contributed by atoms with Gasteiger partial charge in [-0.3, -0.25) is 9.48 Å². The Morgan fingerprint density at radius 1 is 0.897 bits per heavy atom. The molecule has 1 N–H and O–H groups in total. The molecular formula is C23H17F6N3O7-2. The molecule has 0 aliphatic carbocycles. The standard InChI is InChI=1S/C19H17N3O3.2C2HF3O2/c1-22-11-14(10-20-22)13-6-8-15(9-7-13)21-19(23)18-12-24-16-4-2-3-5-17(16)25-18;2*3-2(4,5)1(6)7/h2-11,18H,12H2,1H3,(H,21,23);2*(H,6,7)/p-2. The number of hydrogen-bond acceptors (Lipinski definition) is 8. The van der Waals surface area contributed by atoms with Crippen molar-refractivity contribution in [2.75, 3.05) is 11.9 Å². The number of hydrogen-bond donors (Lipinski definition) is 1. The quantitative estimate of drug-likeness (QED) is 0.474. The molecule has 1 aliphatic heterocycles. The Labute approximate surface area is 215 Å². The number of nitrogens with zero attached hydrogens (tertiary/aromatic N) is 2. The van der Waals surface area contributed by atoms with E-state index in [2.05, 4.69) is 10.4 Å². The van der Waals surface area contributed by atoms with Gasteiger partial charge in [-0.25, -0.2) is 0 Å². The summed E-state index contributed by atoms with van der Waals surface area (Å²) in [4.78, 5) is 30.0. The molecule has 1 aliphatic rings. The maximum absolute atomic E-state index is 12.4. The third-order valence-corrected chi connectivity index (χ3v) is 4.45. The van der Waals surface area contributed by atoms with E-state index < -0.39 is 30.4 Å². The minimum atomic E-state index is -5.19. The molecule has 210 valence electrons. The summed E-state index contributed by atoms with van der Waals surface area (Å²) in [7, 11) is 1.88. The topological polar surface area (TPSA) is 146 Å². The highest BCUT2D eigenvalue weighted by Crippen LogP contribution is 2.31. The van der Waals surface area contributed by atoms with Crippen molar-refractivity contribution in [3.05, 3.63) is 60.9 Å². The van der Waals surface area contributed by atoms with Crippen LogP contribution >= 0.6 is 0 Å². The predicted octanol–water partition coefficient (Wildman–Crippen LogP) is 1.46. The molecule has 1 atom stereocenters. The first-order valence-corrected chi connectivity index (χ1v) is 10.4. The van der Waals surface area contributed by atoms with Crippen LogP contribution < -0.4 is 25.0 Å². The van der Waals surface area contributed by atoms with Crippen molar-refractivity contribution in [1.82, 2.24) is 9.78 Å². The largest absolute Gasteiger partial charge is 0.542 e. The SMILES string of the molecule is Cn1cc(-c2ccc(NC(=O)C3COc4ccccc4O3)cc2)cn1.O=C([O-])C(F)(F)F.O=C([O-])C(F)(F)F. The van der Waals surface area contributed by atoms with E-state index in [4.69, 9.17) is 29.3 Å². The molecule has 16 heteroatoms. The number of carbonyl (C=O) groups is 3. The Bertz CT molecular complexity index is 1270. The smallest absolute Gasteiger partial charge is 0.430 e. The van der Waals surface area contributed by atoms with Crippen LogP contribution in [0.25, 0.3) is 11.1 Å². The average Bonchev–Trinajstić information content (AvgIpc) is 3.30. The zero-order chi connectivity index (χ0) is 29.4. The minimum Gasteiger partial charge on any atom is -0.542 e. The lowest BCUT2D eigenvalue weighted by molar-refractivity contribution is -0.344. The fraction of sp³-hybridized carbons (Fsp3) is 0.217. The summed E-state index contributed by atoms with van der Waals surface area (Å²) in [5, 5.41) is 24.6. The Morgan fingerprint density at radius 3 is 1.87 bits per heavy atom. The molecule has 0 fully saturated rings. The number of aryl methyl sites for hydroxylation is 1. The number of fused-ring (bicyclic) bond motifs is 1. The second-order valence-corrected chi connectivity index (χ2v) is 7.40. The van der Waals surface area contributed by atoms with Crippen LogP contribution in [0.5, 0.6) is 11.5 Å². The highest BCUT2D eigenvalue weighted by Gasteiger charge is 2.29. The summed E-state index contributed by atoms with van der Waals surface area (Å²) in [5.74, 6) is -5.00. The first kappa shape index (κ1) is 30.5. The van der Waals surface area contributed by atoms with Crippen molar-refractivity contribution in [2.45, 2.75) is 18.5 Å². The Balaban J connectivity index is 0.000000317. The van der Waals surface area contributed by atoms with E-state index in [1.165, 1.54) is 0 Å². The zero-order valence-corrected chi connectivity index (χ0v) is 19.6. The summed E-state index contributed by atoms with van der Waals surface area (Å²) >= 11 is 0. The van der Waals surface area contributed by atoms with Gasteiger partial charge in [0, 0.05) is 24.5 Å². The number of rotatable bonds is 3. The number of alkyl halides is 6. The first-order chi connectivity index (χ1) is 18.1. The molecule has 1 unspecified atom stereocenters. The number of nitrogens with one attached hydrogen (secondary N) is 1. The van der Waals surface area contributed by atoms with E-state index in [1.807, 2.05) is 55.7 Å². The van der Waals surface area contributed by atoms with E-state index in [0.29, 0.717) is 17.2 Å². The van der Waals surface area contributed by atoms with Gasteiger partial charge in [0.05, 0.1) is 6.20 Å². The minimum absolute atomic E-state index is 0.191. The summed E-state index contributed by atoms with van der Waals surface area (Å²) in [5.41, 5.74) is 2.78. The highest BCUT2D eigenvalue weighted by molar-refractivity contribution is 5.95. The number of halogens is 6. The van der Waals surface area contributed by atoms with Gasteiger partial charge in [-0.2, -0.15) is 31.4 Å². The Kier molecular flexibility index (Phi) is 9.89. The monoisotopic (exact) mass is 561 g/mol. The van der Waals surface area contributed by atoms with Crippen LogP contribution in [-0.2, 0) is 21.4 Å². The van der Waals surface area contributed by atoms with Crippen LogP contribution in [0.3, 0.4) is 0 Å². The van der Waals surface area contributed by atoms with Crippen LogP contribution in [0, 0.1) is 0 Å². The molecule has 10 nitrogen and oxygen atoms in total. The van der Waals surface area contributed by atoms with Crippen molar-refractivity contribution in [2.24, 2.45) is 7.05 Å². The fourth-order valence-electron chi connectivity index (χ4n) is 2.69. The summed E-state index contributed by atoms with van der Waals surface area (Å²) in [6.45, 7) is 0.191. The lowest BCUT2D eigenvalue weighted by Gasteiger charge is -2.25. The molecule has 0 radical (unpaired) electrons. The number of aliphatic carboxylic acids is 2. The van der Waals surface area contributed by atoms with Gasteiger partial charge in [-0.1, -0.05) is 24.3 Å². The Hall–Kier alpha value is -4.76. The zero-order valence-electron chi connectivity index (χ0n) is 19.6. The molecule has 0 bridgehead atoms. The van der Waals surface area contributed by atoms with Crippen molar-refractivity contribution < 1.29 is 60.4 Å². The molecule has 2 aromatic carbocycles. The van der Waals surface area contributed by atoms with Gasteiger partial charge in [-0.05, 0) is 29.8 Å². The molecule has 3 aromatic rings. The number of amides is 1. The lowest BCUT2D eigenvalue weighted by atomic mass is 10.1. The summed E-state index contributed by atoms with van der Waals surface area (Å²) in [6, 6.07) is 14.9. The maximum Gasteiger partial charge on any atom is 0.430 e. The number of anilines is 1. The van der Waals surface area contributed by atoms with E-state index in [0.717, 1.165) is 11.1 Å². The van der Waals surface area contributed by atoms with Crippen molar-refractivity contribution in [3.8, 4) is 22.6 Å². The highest BCUT2D eigenvalue weighted by atomic mass is 19.4. The molecule has 39 heavy (non-hydrogen) atoms. The van der Waals surface area contributed by atoms with E-state index in [-0.39, 0.29) is 12.5 Å². The van der Waals surface area contributed by atoms with E-state index in [1.54, 1.807) is 16.9 Å². The third kappa shape index (κ3) is 9.56. The normalized spacial score (nSPS) is 14.1. The van der Waals surface area contributed by atoms with Crippen LogP contribution in [0.4, 0.5) is 32.0 Å². The van der Waals surface area contributed by atoms with Gasteiger partial charge < -0.3 is 34.6 Å². The Morgan fingerprint density at radius 2 is 1.41 bits per heavy atom. The number of ether oxygens (including phenoxy) is 2. The lowest BCUT2D eigenvalue weighted by Crippen LogP contribution is -2.40. The molecule has 4 rings (SSSR count). The van der Waals surface area contributed by atoms with E-state index >= 15 is 0 Å². The molecular weight excluding hydrogens is 544 g/mol. The van der Waals surface area contributed by atoms with Crippen LogP contribution in [0.1, 0.15) is 0 Å². The third-order valence-electron chi connectivity index (χ3n) is 4.45. The van der Waals surface area contributed by atoms with Crippen LogP contribution in [0.15, 0.2) is 60.9 Å². The number of benzene rings is 2. The van der Waals surface area contributed by atoms with Crippen LogP contribution in [0.2, 0.25) is 0 Å². The second kappa shape index (κ2) is 12.7.